The molecule has 0 aliphatic heterocycles. The second-order valence-electron chi connectivity index (χ2n) is 6.59. The van der Waals surface area contributed by atoms with Crippen LogP contribution in [-0.4, -0.2) is 36.6 Å². The van der Waals surface area contributed by atoms with E-state index in [1.807, 2.05) is 36.4 Å². The van der Waals surface area contributed by atoms with Crippen molar-refractivity contribution < 1.29 is 23.9 Å². The maximum Gasteiger partial charge on any atom is 0.344 e. The van der Waals surface area contributed by atoms with Gasteiger partial charge >= 0.3 is 11.9 Å². The van der Waals surface area contributed by atoms with Crippen LogP contribution >= 0.6 is 0 Å². The van der Waals surface area contributed by atoms with Crippen molar-refractivity contribution in [3.63, 3.8) is 0 Å². The van der Waals surface area contributed by atoms with E-state index < -0.39 is 29.3 Å². The van der Waals surface area contributed by atoms with Gasteiger partial charge in [0.15, 0.2) is 0 Å². The van der Waals surface area contributed by atoms with E-state index in [1.54, 1.807) is 50.3 Å². The predicted octanol–water partition coefficient (Wildman–Crippen LogP) is 3.48. The Bertz CT molecular complexity index is 859. The van der Waals surface area contributed by atoms with Crippen LogP contribution in [-0.2, 0) is 23.9 Å². The minimum absolute atomic E-state index is 0.0451. The molecule has 0 saturated heterocycles. The zero-order valence-corrected chi connectivity index (χ0v) is 17.5. The molecule has 0 bridgehead atoms. The zero-order valence-electron chi connectivity index (χ0n) is 17.5. The summed E-state index contributed by atoms with van der Waals surface area (Å²) in [5, 5.41) is 2.56. The normalized spacial score (nSPS) is 12.2. The van der Waals surface area contributed by atoms with E-state index in [0.717, 1.165) is 5.56 Å². The van der Waals surface area contributed by atoms with E-state index in [2.05, 4.69) is 5.32 Å². The van der Waals surface area contributed by atoms with Gasteiger partial charge in [0.2, 0.25) is 11.4 Å². The van der Waals surface area contributed by atoms with Crippen molar-refractivity contribution in [1.29, 1.82) is 0 Å². The molecule has 0 fully saturated rings. The molecule has 1 atom stereocenters. The Hall–Kier alpha value is -3.41. The number of carbonyl (C=O) groups excluding carboxylic acids is 3. The molecule has 0 aliphatic carbocycles. The summed E-state index contributed by atoms with van der Waals surface area (Å²) >= 11 is 0. The van der Waals surface area contributed by atoms with E-state index in [9.17, 15) is 14.4 Å². The van der Waals surface area contributed by atoms with Crippen molar-refractivity contribution in [3.8, 4) is 0 Å². The number of ether oxygens (including phenoxy) is 2. The molecule has 30 heavy (non-hydrogen) atoms. The van der Waals surface area contributed by atoms with Crippen molar-refractivity contribution in [2.45, 2.75) is 32.2 Å². The van der Waals surface area contributed by atoms with Crippen molar-refractivity contribution >= 4 is 23.9 Å². The smallest absolute Gasteiger partial charge is 0.344 e. The minimum atomic E-state index is -2.06. The Morgan fingerprint density at radius 3 is 1.87 bits per heavy atom. The lowest BCUT2D eigenvalue weighted by atomic mass is 9.78. The first kappa shape index (κ1) is 22.9. The summed E-state index contributed by atoms with van der Waals surface area (Å²) in [5.41, 5.74) is -0.535. The summed E-state index contributed by atoms with van der Waals surface area (Å²) < 4.78 is 10.5. The van der Waals surface area contributed by atoms with E-state index in [4.69, 9.17) is 9.47 Å². The highest BCUT2D eigenvalue weighted by atomic mass is 16.6. The zero-order chi connectivity index (χ0) is 22.0. The molecule has 6 heteroatoms. The average molecular weight is 409 g/mol. The highest BCUT2D eigenvalue weighted by Gasteiger charge is 2.55. The van der Waals surface area contributed by atoms with E-state index in [1.165, 1.54) is 6.92 Å². The summed E-state index contributed by atoms with van der Waals surface area (Å²) in [6.07, 6.45) is 3.52. The van der Waals surface area contributed by atoms with Crippen molar-refractivity contribution in [2.24, 2.45) is 0 Å². The number of amides is 1. The predicted molar refractivity (Wildman–Crippen MR) is 114 cm³/mol. The number of carbonyl (C=O) groups is 3. The van der Waals surface area contributed by atoms with Crippen LogP contribution in [0.2, 0.25) is 0 Å². The Morgan fingerprint density at radius 1 is 0.900 bits per heavy atom. The Kier molecular flexibility index (Phi) is 8.35. The van der Waals surface area contributed by atoms with Gasteiger partial charge in [-0.15, -0.1) is 0 Å². The van der Waals surface area contributed by atoms with Gasteiger partial charge in [-0.25, -0.2) is 9.59 Å². The molecule has 0 aromatic heterocycles. The molecule has 2 aromatic carbocycles. The van der Waals surface area contributed by atoms with Crippen LogP contribution in [0.15, 0.2) is 66.7 Å². The summed E-state index contributed by atoms with van der Waals surface area (Å²) in [6, 6.07) is 18.5. The summed E-state index contributed by atoms with van der Waals surface area (Å²) in [5.74, 6) is -3.15. The fourth-order valence-corrected chi connectivity index (χ4v) is 3.22. The first-order valence-electron chi connectivity index (χ1n) is 9.87. The molecule has 2 rings (SSSR count). The highest BCUT2D eigenvalue weighted by Crippen LogP contribution is 2.34. The van der Waals surface area contributed by atoms with E-state index in [-0.39, 0.29) is 13.2 Å². The van der Waals surface area contributed by atoms with Crippen LogP contribution in [0.3, 0.4) is 0 Å². The first-order valence-corrected chi connectivity index (χ1v) is 9.87. The molecule has 158 valence electrons. The maximum absolute atomic E-state index is 13.2. The molecule has 1 amide bonds. The lowest BCUT2D eigenvalue weighted by Crippen LogP contribution is -2.64. The summed E-state index contributed by atoms with van der Waals surface area (Å²) in [7, 11) is 0. The van der Waals surface area contributed by atoms with Gasteiger partial charge in [-0.3, -0.25) is 4.79 Å². The minimum Gasteiger partial charge on any atom is -0.464 e. The third-order valence-corrected chi connectivity index (χ3v) is 4.47. The fraction of sp³-hybridized carbons (Fsp3) is 0.292. The number of hydrogen-bond donors (Lipinski definition) is 1. The number of nitrogens with one attached hydrogen (secondary N) is 1. The topological polar surface area (TPSA) is 81.7 Å². The Labute approximate surface area is 176 Å². The van der Waals surface area contributed by atoms with E-state index >= 15 is 0 Å². The van der Waals surface area contributed by atoms with Crippen LogP contribution in [0.5, 0.6) is 0 Å². The summed E-state index contributed by atoms with van der Waals surface area (Å²) in [4.78, 5) is 38.5. The third kappa shape index (κ3) is 5.35. The molecule has 0 heterocycles. The fourth-order valence-electron chi connectivity index (χ4n) is 3.22. The van der Waals surface area contributed by atoms with Crippen molar-refractivity contribution in [3.05, 3.63) is 77.9 Å². The molecular weight excluding hydrogens is 382 g/mol. The standard InChI is InChI=1S/C24H27NO5/c1-4-29-22(27)24(25-18(3)26,23(28)30-5-2)21(20-14-10-7-11-15-20)17-16-19-12-8-6-9-13-19/h6-17,21H,4-5H2,1-3H3,(H,25,26)/b17-16+/t21-/m1/s1. The van der Waals surface area contributed by atoms with Gasteiger partial charge in [-0.05, 0) is 25.0 Å². The van der Waals surface area contributed by atoms with Gasteiger partial charge in [0.1, 0.15) is 0 Å². The van der Waals surface area contributed by atoms with Crippen LogP contribution in [0.4, 0.5) is 0 Å². The van der Waals surface area contributed by atoms with Crippen molar-refractivity contribution in [2.75, 3.05) is 13.2 Å². The van der Waals surface area contributed by atoms with Crippen LogP contribution in [0.1, 0.15) is 37.8 Å². The monoisotopic (exact) mass is 409 g/mol. The molecule has 0 saturated carbocycles. The SMILES string of the molecule is CCOC(=O)C(NC(C)=O)(C(=O)OCC)[C@H](/C=C/c1ccccc1)c1ccccc1. The maximum atomic E-state index is 13.2. The summed E-state index contributed by atoms with van der Waals surface area (Å²) in [6.45, 7) is 4.61. The highest BCUT2D eigenvalue weighted by molar-refractivity contribution is 6.09. The van der Waals surface area contributed by atoms with Gasteiger partial charge in [0.25, 0.3) is 0 Å². The molecule has 0 radical (unpaired) electrons. The second-order valence-corrected chi connectivity index (χ2v) is 6.59. The lowest BCUT2D eigenvalue weighted by Gasteiger charge is -2.35. The van der Waals surface area contributed by atoms with E-state index in [0.29, 0.717) is 5.56 Å². The van der Waals surface area contributed by atoms with Gasteiger partial charge in [0.05, 0.1) is 13.2 Å². The van der Waals surface area contributed by atoms with Crippen molar-refractivity contribution in [1.82, 2.24) is 5.32 Å². The molecule has 0 unspecified atom stereocenters. The third-order valence-electron chi connectivity index (χ3n) is 4.47. The average Bonchev–Trinajstić information content (AvgIpc) is 2.74. The van der Waals surface area contributed by atoms with Gasteiger partial charge in [0, 0.05) is 12.8 Å². The number of hydrogen-bond acceptors (Lipinski definition) is 5. The Morgan fingerprint density at radius 2 is 1.40 bits per heavy atom. The quantitative estimate of drug-likeness (QED) is 0.506. The first-order chi connectivity index (χ1) is 14.5. The number of benzene rings is 2. The number of rotatable bonds is 9. The molecular formula is C24H27NO5. The second kappa shape index (κ2) is 11.0. The van der Waals surface area contributed by atoms with Gasteiger partial charge in [-0.2, -0.15) is 0 Å². The van der Waals surface area contributed by atoms with Crippen LogP contribution in [0, 0.1) is 0 Å². The van der Waals surface area contributed by atoms with Gasteiger partial charge < -0.3 is 14.8 Å². The lowest BCUT2D eigenvalue weighted by molar-refractivity contribution is -0.168. The van der Waals surface area contributed by atoms with Gasteiger partial charge in [-0.1, -0.05) is 72.8 Å². The Balaban J connectivity index is 2.71. The number of esters is 2. The van der Waals surface area contributed by atoms with Crippen LogP contribution in [0.25, 0.3) is 6.08 Å². The molecule has 0 spiro atoms. The molecule has 1 N–H and O–H groups in total. The largest absolute Gasteiger partial charge is 0.464 e. The molecule has 0 aliphatic rings. The molecule has 2 aromatic rings. The van der Waals surface area contributed by atoms with Crippen LogP contribution < -0.4 is 5.32 Å². The molecule has 6 nitrogen and oxygen atoms in total.